The predicted molar refractivity (Wildman–Crippen MR) is 65.0 cm³/mol. The van der Waals surface area contributed by atoms with Crippen molar-refractivity contribution in [2.24, 2.45) is 0 Å². The summed E-state index contributed by atoms with van der Waals surface area (Å²) in [5, 5.41) is 8.99. The van der Waals surface area contributed by atoms with Crippen LogP contribution in [0.25, 0.3) is 0 Å². The van der Waals surface area contributed by atoms with Crippen molar-refractivity contribution in [3.63, 3.8) is 0 Å². The molecule has 0 spiro atoms. The van der Waals surface area contributed by atoms with E-state index in [1.54, 1.807) is 11.8 Å². The van der Waals surface area contributed by atoms with E-state index in [4.69, 9.17) is 5.11 Å². The second kappa shape index (κ2) is 4.41. The fourth-order valence-electron chi connectivity index (χ4n) is 1.35. The molecule has 1 aliphatic carbocycles. The Labute approximate surface area is 93.8 Å². The molecular formula is C13H12OS. The van der Waals surface area contributed by atoms with Gasteiger partial charge in [-0.25, -0.2) is 0 Å². The lowest BCUT2D eigenvalue weighted by molar-refractivity contribution is 0.470. The van der Waals surface area contributed by atoms with E-state index in [1.807, 2.05) is 18.2 Å². The third-order valence-corrected chi connectivity index (χ3v) is 3.30. The lowest BCUT2D eigenvalue weighted by Gasteiger charge is -2.04. The first kappa shape index (κ1) is 10.1. The molecule has 0 saturated carbocycles. The Kier molecular flexibility index (Phi) is 2.97. The maximum Gasteiger partial charge on any atom is 0.0875 e. The van der Waals surface area contributed by atoms with Crippen LogP contribution in [0.1, 0.15) is 5.56 Å². The van der Waals surface area contributed by atoms with Crippen LogP contribution < -0.4 is 0 Å². The number of aliphatic hydroxyl groups excluding tert-OH is 1. The van der Waals surface area contributed by atoms with Crippen LogP contribution in [0.15, 0.2) is 64.1 Å². The largest absolute Gasteiger partial charge is 0.515 e. The van der Waals surface area contributed by atoms with Crippen LogP contribution in [0.3, 0.4) is 0 Å². The summed E-state index contributed by atoms with van der Waals surface area (Å²) < 4.78 is 0. The molecular weight excluding hydrogens is 204 g/mol. The summed E-state index contributed by atoms with van der Waals surface area (Å²) in [6, 6.07) is 8.36. The lowest BCUT2D eigenvalue weighted by Crippen LogP contribution is -1.79. The first-order chi connectivity index (χ1) is 7.29. The fourth-order valence-corrected chi connectivity index (χ4v) is 2.26. The number of hydrogen-bond donors (Lipinski definition) is 1. The molecule has 15 heavy (non-hydrogen) atoms. The second-order valence-corrected chi connectivity index (χ2v) is 4.50. The number of hydrogen-bond acceptors (Lipinski definition) is 2. The molecule has 1 N–H and O–H groups in total. The highest BCUT2D eigenvalue weighted by molar-refractivity contribution is 8.03. The molecule has 2 heteroatoms. The first-order valence-electron chi connectivity index (χ1n) is 4.77. The Morgan fingerprint density at radius 3 is 2.60 bits per heavy atom. The number of allylic oxidation sites excluding steroid dienone is 4. The number of rotatable bonds is 2. The monoisotopic (exact) mass is 216 g/mol. The van der Waals surface area contributed by atoms with Gasteiger partial charge in [0.15, 0.2) is 0 Å². The van der Waals surface area contributed by atoms with Gasteiger partial charge in [0.05, 0.1) is 6.26 Å². The lowest BCUT2D eigenvalue weighted by atomic mass is 10.2. The summed E-state index contributed by atoms with van der Waals surface area (Å²) >= 11 is 1.66. The van der Waals surface area contributed by atoms with Gasteiger partial charge in [0.2, 0.25) is 0 Å². The van der Waals surface area contributed by atoms with Crippen LogP contribution in [-0.2, 0) is 0 Å². The maximum absolute atomic E-state index is 8.99. The zero-order chi connectivity index (χ0) is 10.7. The summed E-state index contributed by atoms with van der Waals surface area (Å²) in [5.74, 6) is 0. The van der Waals surface area contributed by atoms with E-state index < -0.39 is 0 Å². The quantitative estimate of drug-likeness (QED) is 0.754. The molecule has 0 heterocycles. The standard InChI is InChI=1S/C13H12OS/c1-10-5-7-12(8-6-10)15-13-4-2-3-11(13)9-14/h2-9,14H,1H3/b11-9+. The zero-order valence-corrected chi connectivity index (χ0v) is 9.29. The summed E-state index contributed by atoms with van der Waals surface area (Å²) in [7, 11) is 0. The number of thioether (sulfide) groups is 1. The smallest absolute Gasteiger partial charge is 0.0875 e. The predicted octanol–water partition coefficient (Wildman–Crippen LogP) is 3.98. The Morgan fingerprint density at radius 1 is 1.20 bits per heavy atom. The van der Waals surface area contributed by atoms with Gasteiger partial charge in [0, 0.05) is 15.4 Å². The number of aliphatic hydroxyl groups is 1. The summed E-state index contributed by atoms with van der Waals surface area (Å²) in [6.45, 7) is 2.07. The minimum atomic E-state index is 0.876. The van der Waals surface area contributed by atoms with Crippen LogP contribution in [0.5, 0.6) is 0 Å². The molecule has 0 atom stereocenters. The van der Waals surface area contributed by atoms with Gasteiger partial charge >= 0.3 is 0 Å². The van der Waals surface area contributed by atoms with E-state index in [-0.39, 0.29) is 0 Å². The van der Waals surface area contributed by atoms with E-state index in [0.29, 0.717) is 0 Å². The van der Waals surface area contributed by atoms with Crippen molar-refractivity contribution >= 4 is 11.8 Å². The van der Waals surface area contributed by atoms with Crippen molar-refractivity contribution < 1.29 is 5.11 Å². The van der Waals surface area contributed by atoms with Crippen LogP contribution in [0, 0.1) is 6.92 Å². The third kappa shape index (κ3) is 2.34. The molecule has 1 aromatic carbocycles. The molecule has 0 aromatic heterocycles. The van der Waals surface area contributed by atoms with Gasteiger partial charge in [-0.2, -0.15) is 0 Å². The average molecular weight is 216 g/mol. The van der Waals surface area contributed by atoms with Gasteiger partial charge < -0.3 is 5.11 Å². The van der Waals surface area contributed by atoms with Gasteiger partial charge in [-0.1, -0.05) is 41.6 Å². The molecule has 2 rings (SSSR count). The fraction of sp³-hybridized carbons (Fsp3) is 0.0769. The number of aryl methyl sites for hydroxylation is 1. The van der Waals surface area contributed by atoms with Crippen LogP contribution in [0.2, 0.25) is 0 Å². The Hall–Kier alpha value is -1.41. The van der Waals surface area contributed by atoms with Crippen LogP contribution >= 0.6 is 11.8 Å². The van der Waals surface area contributed by atoms with Crippen LogP contribution in [0.4, 0.5) is 0 Å². The van der Waals surface area contributed by atoms with E-state index in [0.717, 1.165) is 16.7 Å². The van der Waals surface area contributed by atoms with Gasteiger partial charge in [-0.15, -0.1) is 0 Å². The molecule has 0 saturated heterocycles. The SMILES string of the molecule is Cc1ccc(SC2=CC=C/C2=C\O)cc1. The summed E-state index contributed by atoms with van der Waals surface area (Å²) in [5.41, 5.74) is 2.14. The van der Waals surface area contributed by atoms with Crippen molar-refractivity contribution in [3.8, 4) is 0 Å². The van der Waals surface area contributed by atoms with E-state index in [1.165, 1.54) is 10.5 Å². The van der Waals surface area contributed by atoms with E-state index in [2.05, 4.69) is 31.2 Å². The first-order valence-corrected chi connectivity index (χ1v) is 5.59. The Balaban J connectivity index is 2.14. The van der Waals surface area contributed by atoms with Crippen LogP contribution in [-0.4, -0.2) is 5.11 Å². The summed E-state index contributed by atoms with van der Waals surface area (Å²) in [4.78, 5) is 2.27. The Morgan fingerprint density at radius 2 is 1.93 bits per heavy atom. The highest BCUT2D eigenvalue weighted by atomic mass is 32.2. The van der Waals surface area contributed by atoms with Gasteiger partial charge in [0.1, 0.15) is 0 Å². The van der Waals surface area contributed by atoms with Crippen molar-refractivity contribution in [2.75, 3.05) is 0 Å². The Bertz CT molecular complexity index is 438. The zero-order valence-electron chi connectivity index (χ0n) is 8.47. The molecule has 76 valence electrons. The van der Waals surface area contributed by atoms with Gasteiger partial charge in [0.25, 0.3) is 0 Å². The molecule has 0 unspecified atom stereocenters. The average Bonchev–Trinajstić information content (AvgIpc) is 2.69. The topological polar surface area (TPSA) is 20.2 Å². The van der Waals surface area contributed by atoms with E-state index in [9.17, 15) is 0 Å². The van der Waals surface area contributed by atoms with Gasteiger partial charge in [-0.05, 0) is 25.1 Å². The van der Waals surface area contributed by atoms with E-state index >= 15 is 0 Å². The van der Waals surface area contributed by atoms with Crippen molar-refractivity contribution in [3.05, 3.63) is 64.8 Å². The third-order valence-electron chi connectivity index (χ3n) is 2.20. The molecule has 0 aliphatic heterocycles. The molecule has 1 nitrogen and oxygen atoms in total. The number of benzene rings is 1. The molecule has 0 fully saturated rings. The molecule has 0 amide bonds. The molecule has 1 aromatic rings. The molecule has 0 bridgehead atoms. The highest BCUT2D eigenvalue weighted by Crippen LogP contribution is 2.34. The minimum Gasteiger partial charge on any atom is -0.515 e. The second-order valence-electron chi connectivity index (χ2n) is 3.39. The normalized spacial score (nSPS) is 17.1. The van der Waals surface area contributed by atoms with Gasteiger partial charge in [-0.3, -0.25) is 0 Å². The van der Waals surface area contributed by atoms with Crippen molar-refractivity contribution in [1.82, 2.24) is 0 Å². The molecule has 1 aliphatic rings. The highest BCUT2D eigenvalue weighted by Gasteiger charge is 2.08. The molecule has 0 radical (unpaired) electrons. The van der Waals surface area contributed by atoms with Crippen molar-refractivity contribution in [1.29, 1.82) is 0 Å². The maximum atomic E-state index is 8.99. The minimum absolute atomic E-state index is 0.876. The van der Waals surface area contributed by atoms with Crippen molar-refractivity contribution in [2.45, 2.75) is 11.8 Å². The summed E-state index contributed by atoms with van der Waals surface area (Å²) in [6.07, 6.45) is 7.00.